The number of carbonyl (C=O) groups excluding carboxylic acids is 1. The average Bonchev–Trinajstić information content (AvgIpc) is 2.48. The second-order valence-corrected chi connectivity index (χ2v) is 7.61. The van der Waals surface area contributed by atoms with Crippen molar-refractivity contribution in [2.45, 2.75) is 37.1 Å². The Labute approximate surface area is 138 Å². The molecule has 1 aromatic carbocycles. The first-order valence-electron chi connectivity index (χ1n) is 7.33. The third-order valence-corrected chi connectivity index (χ3v) is 5.44. The molecule has 1 aliphatic heterocycles. The van der Waals surface area contributed by atoms with Gasteiger partial charge in [0.2, 0.25) is 5.91 Å². The maximum absolute atomic E-state index is 12.0. The van der Waals surface area contributed by atoms with E-state index >= 15 is 0 Å². The summed E-state index contributed by atoms with van der Waals surface area (Å²) in [6.45, 7) is 3.45. The molecule has 5 nitrogen and oxygen atoms in total. The Morgan fingerprint density at radius 1 is 1.32 bits per heavy atom. The van der Waals surface area contributed by atoms with Crippen molar-refractivity contribution >= 4 is 28.2 Å². The number of piperidine rings is 1. The number of sulfone groups is 1. The van der Waals surface area contributed by atoms with Gasteiger partial charge < -0.3 is 10.6 Å². The van der Waals surface area contributed by atoms with Crippen LogP contribution in [0.15, 0.2) is 29.2 Å². The molecular weight excluding hydrogens is 324 g/mol. The molecule has 0 radical (unpaired) electrons. The highest BCUT2D eigenvalue weighted by molar-refractivity contribution is 7.91. The molecule has 2 rings (SSSR count). The van der Waals surface area contributed by atoms with Crippen molar-refractivity contribution in [2.75, 3.05) is 18.8 Å². The second-order valence-electron chi connectivity index (χ2n) is 5.33. The molecule has 0 unspecified atom stereocenters. The summed E-state index contributed by atoms with van der Waals surface area (Å²) in [5.74, 6) is 0.0661. The minimum absolute atomic E-state index is 0. The molecule has 1 heterocycles. The standard InChI is InChI=1S/C15H22N2O3S.ClH/c1-2-21(19,20)14-7-5-12(6-8-14)10-15(18)17-13-4-3-9-16-11-13;/h5-8,13,16H,2-4,9-11H2,1H3,(H,17,18);1H/t13-;/m0./s1. The van der Waals surface area contributed by atoms with Crippen molar-refractivity contribution < 1.29 is 13.2 Å². The van der Waals surface area contributed by atoms with E-state index in [9.17, 15) is 13.2 Å². The number of benzene rings is 1. The van der Waals surface area contributed by atoms with Gasteiger partial charge in [0.05, 0.1) is 17.1 Å². The fourth-order valence-electron chi connectivity index (χ4n) is 2.42. The predicted octanol–water partition coefficient (Wildman–Crippen LogP) is 1.31. The second kappa shape index (κ2) is 8.50. The zero-order chi connectivity index (χ0) is 15.3. The van der Waals surface area contributed by atoms with Gasteiger partial charge in [-0.1, -0.05) is 19.1 Å². The molecule has 0 saturated carbocycles. The summed E-state index contributed by atoms with van der Waals surface area (Å²) in [6, 6.07) is 6.77. The Morgan fingerprint density at radius 3 is 2.55 bits per heavy atom. The Balaban J connectivity index is 0.00000242. The molecule has 22 heavy (non-hydrogen) atoms. The maximum atomic E-state index is 12.0. The van der Waals surface area contributed by atoms with Crippen LogP contribution in [-0.4, -0.2) is 39.2 Å². The van der Waals surface area contributed by atoms with Gasteiger partial charge in [0, 0.05) is 12.6 Å². The van der Waals surface area contributed by atoms with Crippen LogP contribution >= 0.6 is 12.4 Å². The lowest BCUT2D eigenvalue weighted by Gasteiger charge is -2.23. The van der Waals surface area contributed by atoms with Crippen LogP contribution in [0.4, 0.5) is 0 Å². The lowest BCUT2D eigenvalue weighted by molar-refractivity contribution is -0.121. The zero-order valence-electron chi connectivity index (χ0n) is 12.7. The van der Waals surface area contributed by atoms with E-state index in [2.05, 4.69) is 10.6 Å². The maximum Gasteiger partial charge on any atom is 0.224 e. The number of halogens is 1. The van der Waals surface area contributed by atoms with Crippen molar-refractivity contribution in [3.63, 3.8) is 0 Å². The smallest absolute Gasteiger partial charge is 0.224 e. The van der Waals surface area contributed by atoms with Crippen LogP contribution in [0, 0.1) is 0 Å². The first-order chi connectivity index (χ1) is 10.0. The lowest BCUT2D eigenvalue weighted by atomic mass is 10.1. The highest BCUT2D eigenvalue weighted by Crippen LogP contribution is 2.13. The van der Waals surface area contributed by atoms with Crippen LogP contribution in [0.2, 0.25) is 0 Å². The quantitative estimate of drug-likeness (QED) is 0.843. The van der Waals surface area contributed by atoms with E-state index in [1.54, 1.807) is 31.2 Å². The molecular formula is C15H23ClN2O3S. The highest BCUT2D eigenvalue weighted by atomic mass is 35.5. The number of amides is 1. The van der Waals surface area contributed by atoms with Gasteiger partial charge in [-0.2, -0.15) is 0 Å². The van der Waals surface area contributed by atoms with Crippen molar-refractivity contribution in [3.8, 4) is 0 Å². The first kappa shape index (κ1) is 18.9. The largest absolute Gasteiger partial charge is 0.352 e. The van der Waals surface area contributed by atoms with Gasteiger partial charge in [-0.25, -0.2) is 8.42 Å². The number of hydrogen-bond donors (Lipinski definition) is 2. The molecule has 7 heteroatoms. The Hall–Kier alpha value is -1.11. The lowest BCUT2D eigenvalue weighted by Crippen LogP contribution is -2.46. The van der Waals surface area contributed by atoms with Crippen LogP contribution in [-0.2, 0) is 21.1 Å². The van der Waals surface area contributed by atoms with E-state index in [4.69, 9.17) is 0 Å². The number of nitrogens with one attached hydrogen (secondary N) is 2. The van der Waals surface area contributed by atoms with E-state index in [1.807, 2.05) is 0 Å². The van der Waals surface area contributed by atoms with Gasteiger partial charge in [0.25, 0.3) is 0 Å². The zero-order valence-corrected chi connectivity index (χ0v) is 14.3. The van der Waals surface area contributed by atoms with Crippen LogP contribution in [0.3, 0.4) is 0 Å². The molecule has 1 amide bonds. The Kier molecular flexibility index (Phi) is 7.32. The van der Waals surface area contributed by atoms with Crippen LogP contribution in [0.25, 0.3) is 0 Å². The monoisotopic (exact) mass is 346 g/mol. The fourth-order valence-corrected chi connectivity index (χ4v) is 3.30. The van der Waals surface area contributed by atoms with Crippen molar-refractivity contribution in [1.82, 2.24) is 10.6 Å². The Morgan fingerprint density at radius 2 is 2.00 bits per heavy atom. The molecule has 0 aliphatic carbocycles. The van der Waals surface area contributed by atoms with Gasteiger partial charge >= 0.3 is 0 Å². The summed E-state index contributed by atoms with van der Waals surface area (Å²) in [4.78, 5) is 12.3. The first-order valence-corrected chi connectivity index (χ1v) is 8.98. The van der Waals surface area contributed by atoms with Gasteiger partial charge in [-0.3, -0.25) is 4.79 Å². The van der Waals surface area contributed by atoms with Crippen LogP contribution < -0.4 is 10.6 Å². The van der Waals surface area contributed by atoms with E-state index < -0.39 is 9.84 Å². The number of carbonyl (C=O) groups is 1. The molecule has 124 valence electrons. The van der Waals surface area contributed by atoms with Crippen molar-refractivity contribution in [1.29, 1.82) is 0 Å². The molecule has 0 bridgehead atoms. The van der Waals surface area contributed by atoms with Crippen LogP contribution in [0.5, 0.6) is 0 Å². The predicted molar refractivity (Wildman–Crippen MR) is 89.2 cm³/mol. The molecule has 1 fully saturated rings. The van der Waals surface area contributed by atoms with Gasteiger partial charge in [0.15, 0.2) is 9.84 Å². The molecule has 2 N–H and O–H groups in total. The molecule has 1 aromatic rings. The van der Waals surface area contributed by atoms with Gasteiger partial charge in [-0.05, 0) is 37.1 Å². The third-order valence-electron chi connectivity index (χ3n) is 3.69. The third kappa shape index (κ3) is 5.26. The Bertz CT molecular complexity index is 581. The van der Waals surface area contributed by atoms with E-state index in [0.29, 0.717) is 4.90 Å². The molecule has 1 atom stereocenters. The normalized spacial score (nSPS) is 18.3. The topological polar surface area (TPSA) is 75.3 Å². The fraction of sp³-hybridized carbons (Fsp3) is 0.533. The molecule has 1 saturated heterocycles. The average molecular weight is 347 g/mol. The summed E-state index contributed by atoms with van der Waals surface area (Å²) in [6.07, 6.45) is 2.36. The summed E-state index contributed by atoms with van der Waals surface area (Å²) in [5.41, 5.74) is 0.825. The van der Waals surface area contributed by atoms with E-state index in [1.165, 1.54) is 0 Å². The van der Waals surface area contributed by atoms with Crippen molar-refractivity contribution in [2.24, 2.45) is 0 Å². The summed E-state index contributed by atoms with van der Waals surface area (Å²) in [7, 11) is -3.17. The molecule has 0 aromatic heterocycles. The summed E-state index contributed by atoms with van der Waals surface area (Å²) < 4.78 is 23.4. The van der Waals surface area contributed by atoms with Crippen molar-refractivity contribution in [3.05, 3.63) is 29.8 Å². The van der Waals surface area contributed by atoms with E-state index in [0.717, 1.165) is 31.5 Å². The van der Waals surface area contributed by atoms with Crippen LogP contribution in [0.1, 0.15) is 25.3 Å². The minimum Gasteiger partial charge on any atom is -0.352 e. The van der Waals surface area contributed by atoms with Gasteiger partial charge in [-0.15, -0.1) is 12.4 Å². The van der Waals surface area contributed by atoms with E-state index in [-0.39, 0.29) is 36.5 Å². The molecule has 1 aliphatic rings. The van der Waals surface area contributed by atoms with Gasteiger partial charge in [0.1, 0.15) is 0 Å². The minimum atomic E-state index is -3.17. The molecule has 0 spiro atoms. The highest BCUT2D eigenvalue weighted by Gasteiger charge is 2.16. The number of hydrogen-bond acceptors (Lipinski definition) is 4. The number of rotatable bonds is 5. The summed E-state index contributed by atoms with van der Waals surface area (Å²) in [5, 5.41) is 6.26. The SMILES string of the molecule is CCS(=O)(=O)c1ccc(CC(=O)N[C@H]2CCCNC2)cc1.Cl. The summed E-state index contributed by atoms with van der Waals surface area (Å²) >= 11 is 0.